The van der Waals surface area contributed by atoms with Crippen LogP contribution in [0.1, 0.15) is 48.9 Å². The summed E-state index contributed by atoms with van der Waals surface area (Å²) in [7, 11) is 0. The zero-order valence-electron chi connectivity index (χ0n) is 18.6. The second-order valence-electron chi connectivity index (χ2n) is 8.87. The number of nitrogens with zero attached hydrogens (tertiary/aromatic N) is 1. The number of imide groups is 1. The molecule has 0 radical (unpaired) electrons. The Morgan fingerprint density at radius 1 is 1.12 bits per heavy atom. The lowest BCUT2D eigenvalue weighted by atomic mass is 9.88. The van der Waals surface area contributed by atoms with Gasteiger partial charge in [-0.1, -0.05) is 30.3 Å². The molecule has 1 fully saturated rings. The molecule has 2 unspecified atom stereocenters. The Morgan fingerprint density at radius 2 is 1.91 bits per heavy atom. The number of nitrogens with one attached hydrogen (secondary N) is 2. The van der Waals surface area contributed by atoms with E-state index < -0.39 is 17.5 Å². The maximum Gasteiger partial charge on any atom is 0.325 e. The third-order valence-corrected chi connectivity index (χ3v) is 6.61. The summed E-state index contributed by atoms with van der Waals surface area (Å²) in [5.41, 5.74) is 1.62. The number of urea groups is 1. The van der Waals surface area contributed by atoms with Crippen LogP contribution in [0.25, 0.3) is 0 Å². The van der Waals surface area contributed by atoms with Gasteiger partial charge in [0, 0.05) is 6.42 Å². The number of amides is 4. The Morgan fingerprint density at radius 3 is 2.76 bits per heavy atom. The highest BCUT2D eigenvalue weighted by molar-refractivity contribution is 6.09. The molecule has 1 saturated heterocycles. The van der Waals surface area contributed by atoms with E-state index in [2.05, 4.69) is 16.7 Å². The van der Waals surface area contributed by atoms with E-state index in [1.54, 1.807) is 25.1 Å². The topological polar surface area (TPSA) is 97.0 Å². The van der Waals surface area contributed by atoms with Crippen LogP contribution in [0.2, 0.25) is 0 Å². The fourth-order valence-electron chi connectivity index (χ4n) is 4.80. The predicted molar refractivity (Wildman–Crippen MR) is 120 cm³/mol. The molecule has 0 spiro atoms. The highest BCUT2D eigenvalue weighted by Gasteiger charge is 2.50. The molecule has 8 nitrogen and oxygen atoms in total. The van der Waals surface area contributed by atoms with Gasteiger partial charge in [-0.15, -0.1) is 0 Å². The van der Waals surface area contributed by atoms with Crippen LogP contribution in [0.3, 0.4) is 0 Å². The van der Waals surface area contributed by atoms with Crippen LogP contribution in [0, 0.1) is 0 Å². The highest BCUT2D eigenvalue weighted by atomic mass is 16.5. The molecule has 1 aliphatic carbocycles. The van der Waals surface area contributed by atoms with Gasteiger partial charge in [0.1, 0.15) is 12.1 Å². The van der Waals surface area contributed by atoms with E-state index in [4.69, 9.17) is 9.47 Å². The van der Waals surface area contributed by atoms with E-state index >= 15 is 0 Å². The molecule has 0 bridgehead atoms. The molecule has 5 rings (SSSR count). The Balaban J connectivity index is 1.31. The largest absolute Gasteiger partial charge is 0.490 e. The van der Waals surface area contributed by atoms with Crippen molar-refractivity contribution in [1.82, 2.24) is 15.5 Å². The van der Waals surface area contributed by atoms with Gasteiger partial charge < -0.3 is 20.1 Å². The minimum absolute atomic E-state index is 0.115. The van der Waals surface area contributed by atoms with Crippen molar-refractivity contribution in [3.63, 3.8) is 0 Å². The number of fused-ring (bicyclic) bond motifs is 2. The van der Waals surface area contributed by atoms with Crippen LogP contribution in [-0.4, -0.2) is 42.5 Å². The van der Waals surface area contributed by atoms with Gasteiger partial charge in [0.05, 0.1) is 19.3 Å². The van der Waals surface area contributed by atoms with E-state index in [0.717, 1.165) is 36.1 Å². The van der Waals surface area contributed by atoms with Gasteiger partial charge in [-0.2, -0.15) is 0 Å². The Hall–Kier alpha value is -3.55. The number of ether oxygens (including phenoxy) is 2. The fourth-order valence-corrected chi connectivity index (χ4v) is 4.80. The first kappa shape index (κ1) is 21.3. The minimum atomic E-state index is -1.29. The SMILES string of the molecule is CC1(c2ccc3c(c2)OCCCO3)NC(=O)N(CC(=O)NC2CCCc3ccccc32)C1=O. The summed E-state index contributed by atoms with van der Waals surface area (Å²) < 4.78 is 11.4. The average Bonchev–Trinajstić information content (AvgIpc) is 2.98. The molecule has 2 aromatic rings. The first-order valence-corrected chi connectivity index (χ1v) is 11.4. The zero-order chi connectivity index (χ0) is 23.0. The third kappa shape index (κ3) is 3.90. The molecule has 172 valence electrons. The smallest absolute Gasteiger partial charge is 0.325 e. The van der Waals surface area contributed by atoms with E-state index in [1.807, 2.05) is 18.2 Å². The van der Waals surface area contributed by atoms with Crippen LogP contribution in [0.15, 0.2) is 42.5 Å². The molecule has 2 aromatic carbocycles. The summed E-state index contributed by atoms with van der Waals surface area (Å²) in [5.74, 6) is 0.324. The molecule has 2 heterocycles. The summed E-state index contributed by atoms with van der Waals surface area (Å²) in [5, 5.41) is 5.76. The average molecular weight is 450 g/mol. The van der Waals surface area contributed by atoms with Crippen molar-refractivity contribution in [2.45, 2.75) is 44.2 Å². The summed E-state index contributed by atoms with van der Waals surface area (Å²) >= 11 is 0. The molecule has 2 atom stereocenters. The maximum absolute atomic E-state index is 13.3. The van der Waals surface area contributed by atoms with Gasteiger partial charge in [-0.3, -0.25) is 14.5 Å². The van der Waals surface area contributed by atoms with Crippen molar-refractivity contribution >= 4 is 17.8 Å². The summed E-state index contributed by atoms with van der Waals surface area (Å²) in [6, 6.07) is 12.6. The normalized spacial score (nSPS) is 24.0. The first-order chi connectivity index (χ1) is 16.0. The number of carbonyl (C=O) groups is 3. The van der Waals surface area contributed by atoms with Crippen molar-refractivity contribution < 1.29 is 23.9 Å². The van der Waals surface area contributed by atoms with Crippen LogP contribution >= 0.6 is 0 Å². The van der Waals surface area contributed by atoms with E-state index in [1.165, 1.54) is 5.56 Å². The number of benzene rings is 2. The zero-order valence-corrected chi connectivity index (χ0v) is 18.6. The van der Waals surface area contributed by atoms with Gasteiger partial charge >= 0.3 is 6.03 Å². The predicted octanol–water partition coefficient (Wildman–Crippen LogP) is 2.81. The van der Waals surface area contributed by atoms with Gasteiger partial charge in [-0.25, -0.2) is 4.79 Å². The molecule has 4 amide bonds. The Kier molecular flexibility index (Phi) is 5.44. The molecule has 2 aliphatic heterocycles. The summed E-state index contributed by atoms with van der Waals surface area (Å²) in [6.45, 7) is 2.39. The second kappa shape index (κ2) is 8.42. The van der Waals surface area contributed by atoms with Crippen molar-refractivity contribution in [3.05, 3.63) is 59.2 Å². The Bertz CT molecular complexity index is 1120. The van der Waals surface area contributed by atoms with Gasteiger partial charge in [0.25, 0.3) is 5.91 Å². The van der Waals surface area contributed by atoms with Crippen molar-refractivity contribution in [1.29, 1.82) is 0 Å². The van der Waals surface area contributed by atoms with Crippen molar-refractivity contribution in [2.75, 3.05) is 19.8 Å². The molecule has 0 saturated carbocycles. The minimum Gasteiger partial charge on any atom is -0.490 e. The van der Waals surface area contributed by atoms with Crippen LogP contribution < -0.4 is 20.1 Å². The van der Waals surface area contributed by atoms with Crippen LogP contribution in [-0.2, 0) is 21.5 Å². The monoisotopic (exact) mass is 449 g/mol. The molecule has 3 aliphatic rings. The van der Waals surface area contributed by atoms with Crippen molar-refractivity contribution in [2.24, 2.45) is 0 Å². The molecule has 2 N–H and O–H groups in total. The fraction of sp³-hybridized carbons (Fsp3) is 0.400. The lowest BCUT2D eigenvalue weighted by molar-refractivity contribution is -0.135. The number of rotatable bonds is 4. The van der Waals surface area contributed by atoms with Gasteiger partial charge in [-0.05, 0) is 55.0 Å². The second-order valence-corrected chi connectivity index (χ2v) is 8.87. The standard InChI is InChI=1S/C25H27N3O5/c1-25(17-10-11-20-21(14-17)33-13-5-12-32-20)23(30)28(24(31)27-25)15-22(29)26-19-9-4-7-16-6-2-3-8-18(16)19/h2-3,6,8,10-11,14,19H,4-5,7,9,12-13,15H2,1H3,(H,26,29)(H,27,31). The molecule has 8 heteroatoms. The number of carbonyl (C=O) groups excluding carboxylic acids is 3. The van der Waals surface area contributed by atoms with Crippen LogP contribution in [0.5, 0.6) is 11.5 Å². The first-order valence-electron chi connectivity index (χ1n) is 11.4. The van der Waals surface area contributed by atoms with Crippen molar-refractivity contribution in [3.8, 4) is 11.5 Å². The molecule has 33 heavy (non-hydrogen) atoms. The third-order valence-electron chi connectivity index (χ3n) is 6.61. The van der Waals surface area contributed by atoms with E-state index in [0.29, 0.717) is 30.3 Å². The molecule has 0 aromatic heterocycles. The lowest BCUT2D eigenvalue weighted by Crippen LogP contribution is -2.44. The van der Waals surface area contributed by atoms with E-state index in [9.17, 15) is 14.4 Å². The lowest BCUT2D eigenvalue weighted by Gasteiger charge is -2.27. The summed E-state index contributed by atoms with van der Waals surface area (Å²) in [6.07, 6.45) is 3.57. The van der Waals surface area contributed by atoms with Crippen LogP contribution in [0.4, 0.5) is 4.79 Å². The Labute approximate surface area is 192 Å². The number of hydrogen-bond donors (Lipinski definition) is 2. The molecular weight excluding hydrogens is 422 g/mol. The number of aryl methyl sites for hydroxylation is 1. The van der Waals surface area contributed by atoms with Gasteiger partial charge in [0.15, 0.2) is 11.5 Å². The van der Waals surface area contributed by atoms with Gasteiger partial charge in [0.2, 0.25) is 5.91 Å². The van der Waals surface area contributed by atoms with E-state index in [-0.39, 0.29) is 18.5 Å². The summed E-state index contributed by atoms with van der Waals surface area (Å²) in [4.78, 5) is 39.8. The number of hydrogen-bond acceptors (Lipinski definition) is 5. The maximum atomic E-state index is 13.3. The molecular formula is C25H27N3O5. The quantitative estimate of drug-likeness (QED) is 0.700. The highest BCUT2D eigenvalue weighted by Crippen LogP contribution is 2.36.